The smallest absolute Gasteiger partial charge is 0.193 e. The first-order valence-electron chi connectivity index (χ1n) is 11.2. The van der Waals surface area contributed by atoms with Gasteiger partial charge in [0.15, 0.2) is 11.6 Å². The summed E-state index contributed by atoms with van der Waals surface area (Å²) in [5.41, 5.74) is 13.0. The molecule has 2 N–H and O–H groups in total. The molecule has 1 fully saturated rings. The third kappa shape index (κ3) is 4.23. The van der Waals surface area contributed by atoms with Gasteiger partial charge in [-0.15, -0.1) is 0 Å². The monoisotopic (exact) mass is 426 g/mol. The molecule has 3 aromatic rings. The second-order valence-electron chi connectivity index (χ2n) is 8.83. The highest BCUT2D eigenvalue weighted by atomic mass is 16.1. The summed E-state index contributed by atoms with van der Waals surface area (Å²) in [4.78, 5) is 29.2. The highest BCUT2D eigenvalue weighted by Crippen LogP contribution is 2.30. The van der Waals surface area contributed by atoms with Crippen LogP contribution in [0.5, 0.6) is 0 Å². The summed E-state index contributed by atoms with van der Waals surface area (Å²) in [6, 6.07) is 18.3. The molecule has 3 aromatic carbocycles. The average Bonchev–Trinajstić information content (AvgIpc) is 3.24. The summed E-state index contributed by atoms with van der Waals surface area (Å²) >= 11 is 0. The largest absolute Gasteiger partial charge is 0.398 e. The summed E-state index contributed by atoms with van der Waals surface area (Å²) in [6.45, 7) is 7.96. The molecule has 0 saturated carbocycles. The molecule has 164 valence electrons. The van der Waals surface area contributed by atoms with Gasteiger partial charge in [0.25, 0.3) is 0 Å². The van der Waals surface area contributed by atoms with Crippen LogP contribution in [0, 0.1) is 20.8 Å². The van der Waals surface area contributed by atoms with Crippen molar-refractivity contribution in [3.8, 4) is 0 Å². The summed E-state index contributed by atoms with van der Waals surface area (Å²) in [7, 11) is 0. The van der Waals surface area contributed by atoms with Gasteiger partial charge in [-0.3, -0.25) is 14.5 Å². The highest BCUT2D eigenvalue weighted by Gasteiger charge is 2.34. The van der Waals surface area contributed by atoms with Crippen LogP contribution in [0.2, 0.25) is 0 Å². The maximum atomic E-state index is 13.8. The van der Waals surface area contributed by atoms with E-state index in [0.29, 0.717) is 22.4 Å². The van der Waals surface area contributed by atoms with Crippen LogP contribution < -0.4 is 5.73 Å². The van der Waals surface area contributed by atoms with E-state index in [4.69, 9.17) is 5.73 Å². The average molecular weight is 427 g/mol. The van der Waals surface area contributed by atoms with E-state index >= 15 is 0 Å². The lowest BCUT2D eigenvalue weighted by Crippen LogP contribution is -2.37. The Bertz CT molecular complexity index is 1140. The molecule has 1 aliphatic rings. The number of nitrogens with zero attached hydrogens (tertiary/aromatic N) is 1. The third-order valence-electron chi connectivity index (χ3n) is 6.49. The van der Waals surface area contributed by atoms with Gasteiger partial charge >= 0.3 is 0 Å². The number of aryl methyl sites for hydroxylation is 3. The van der Waals surface area contributed by atoms with Gasteiger partial charge in [-0.25, -0.2) is 0 Å². The van der Waals surface area contributed by atoms with Gasteiger partial charge in [-0.2, -0.15) is 0 Å². The Morgan fingerprint density at radius 2 is 1.66 bits per heavy atom. The summed E-state index contributed by atoms with van der Waals surface area (Å²) < 4.78 is 0. The predicted octanol–water partition coefficient (Wildman–Crippen LogP) is 5.27. The third-order valence-corrected chi connectivity index (χ3v) is 6.49. The Kier molecular flexibility index (Phi) is 6.24. The number of hydrogen-bond acceptors (Lipinski definition) is 4. The fourth-order valence-corrected chi connectivity index (χ4v) is 4.92. The summed E-state index contributed by atoms with van der Waals surface area (Å²) in [6.07, 6.45) is 1.73. The molecule has 0 aromatic heterocycles. The van der Waals surface area contributed by atoms with Crippen molar-refractivity contribution in [3.05, 3.63) is 99.6 Å². The Morgan fingerprint density at radius 3 is 2.34 bits per heavy atom. The predicted molar refractivity (Wildman–Crippen MR) is 129 cm³/mol. The minimum absolute atomic E-state index is 0.0534. The second kappa shape index (κ2) is 9.09. The fraction of sp³-hybridized carbons (Fsp3) is 0.286. The lowest BCUT2D eigenvalue weighted by atomic mass is 9.91. The Balaban J connectivity index is 1.67. The maximum absolute atomic E-state index is 13.8. The Labute approximate surface area is 190 Å². The normalized spacial score (nSPS) is 16.3. The Morgan fingerprint density at radius 1 is 0.969 bits per heavy atom. The highest BCUT2D eigenvalue weighted by molar-refractivity contribution is 6.18. The van der Waals surface area contributed by atoms with E-state index in [9.17, 15) is 9.59 Å². The van der Waals surface area contributed by atoms with Crippen molar-refractivity contribution in [2.75, 3.05) is 12.3 Å². The van der Waals surface area contributed by atoms with Crippen molar-refractivity contribution < 1.29 is 9.59 Å². The maximum Gasteiger partial charge on any atom is 0.193 e. The molecule has 1 heterocycles. The number of likely N-dealkylation sites (tertiary alicyclic amines) is 1. The molecule has 4 rings (SSSR count). The molecular weight excluding hydrogens is 396 g/mol. The first kappa shape index (κ1) is 22.0. The molecule has 1 aliphatic heterocycles. The first-order valence-corrected chi connectivity index (χ1v) is 11.2. The van der Waals surface area contributed by atoms with Crippen LogP contribution in [0.4, 0.5) is 5.69 Å². The van der Waals surface area contributed by atoms with Gasteiger partial charge < -0.3 is 5.73 Å². The molecular formula is C28H30N2O2. The van der Waals surface area contributed by atoms with Gasteiger partial charge in [-0.05, 0) is 62.9 Å². The van der Waals surface area contributed by atoms with E-state index in [-0.39, 0.29) is 17.6 Å². The van der Waals surface area contributed by atoms with Crippen LogP contribution >= 0.6 is 0 Å². The van der Waals surface area contributed by atoms with Gasteiger partial charge in [0, 0.05) is 23.4 Å². The number of benzene rings is 3. The Hall–Kier alpha value is -3.24. The standard InChI is InChI=1S/C28H30N2O2/c1-18-15-19(2)23(20(3)16-18)17-30-14-8-13-25(30)28(32)26-22(11-7-12-24(26)29)27(31)21-9-5-4-6-10-21/h4-7,9-12,15-16,25H,8,13-14,17,29H2,1-3H3/t25-/m0/s1. The van der Waals surface area contributed by atoms with Crippen molar-refractivity contribution in [2.45, 2.75) is 46.2 Å². The van der Waals surface area contributed by atoms with Crippen molar-refractivity contribution in [2.24, 2.45) is 0 Å². The SMILES string of the molecule is Cc1cc(C)c(CN2CCC[C@H]2C(=O)c2c(N)cccc2C(=O)c2ccccc2)c(C)c1. The van der Waals surface area contributed by atoms with E-state index in [0.717, 1.165) is 25.9 Å². The molecule has 4 nitrogen and oxygen atoms in total. The van der Waals surface area contributed by atoms with Crippen LogP contribution in [-0.4, -0.2) is 29.1 Å². The molecule has 0 spiro atoms. The van der Waals surface area contributed by atoms with E-state index < -0.39 is 0 Å². The molecule has 1 saturated heterocycles. The number of rotatable bonds is 6. The van der Waals surface area contributed by atoms with Gasteiger partial charge in [-0.1, -0.05) is 60.2 Å². The number of nitrogen functional groups attached to an aromatic ring is 1. The minimum Gasteiger partial charge on any atom is -0.398 e. The van der Waals surface area contributed by atoms with Gasteiger partial charge in [0.05, 0.1) is 11.6 Å². The lowest BCUT2D eigenvalue weighted by molar-refractivity contribution is 0.0856. The van der Waals surface area contributed by atoms with E-state index in [1.54, 1.807) is 30.3 Å². The van der Waals surface area contributed by atoms with Crippen molar-refractivity contribution in [1.82, 2.24) is 4.90 Å². The number of carbonyl (C=O) groups is 2. The van der Waals surface area contributed by atoms with E-state index in [1.807, 2.05) is 18.2 Å². The van der Waals surface area contributed by atoms with Crippen LogP contribution in [0.1, 0.15) is 61.4 Å². The van der Waals surface area contributed by atoms with E-state index in [1.165, 1.54) is 22.3 Å². The number of ketones is 2. The van der Waals surface area contributed by atoms with Gasteiger partial charge in [0.2, 0.25) is 0 Å². The molecule has 0 aliphatic carbocycles. The molecule has 4 heteroatoms. The van der Waals surface area contributed by atoms with Crippen molar-refractivity contribution in [1.29, 1.82) is 0 Å². The number of nitrogens with two attached hydrogens (primary N) is 1. The van der Waals surface area contributed by atoms with E-state index in [2.05, 4.69) is 37.8 Å². The number of hydrogen-bond donors (Lipinski definition) is 1. The quantitative estimate of drug-likeness (QED) is 0.431. The van der Waals surface area contributed by atoms with Gasteiger partial charge in [0.1, 0.15) is 0 Å². The number of Topliss-reactive ketones (excluding diaryl/α,β-unsaturated/α-hetero) is 1. The molecule has 0 bridgehead atoms. The number of carbonyl (C=O) groups excluding carboxylic acids is 2. The molecule has 0 amide bonds. The zero-order valence-electron chi connectivity index (χ0n) is 19.0. The lowest BCUT2D eigenvalue weighted by Gasteiger charge is -2.26. The summed E-state index contributed by atoms with van der Waals surface area (Å²) in [5.74, 6) is -0.224. The molecule has 0 unspecified atom stereocenters. The molecule has 32 heavy (non-hydrogen) atoms. The van der Waals surface area contributed by atoms with Crippen LogP contribution in [-0.2, 0) is 6.54 Å². The van der Waals surface area contributed by atoms with Crippen LogP contribution in [0.25, 0.3) is 0 Å². The second-order valence-corrected chi connectivity index (χ2v) is 8.83. The van der Waals surface area contributed by atoms with Crippen molar-refractivity contribution in [3.63, 3.8) is 0 Å². The topological polar surface area (TPSA) is 63.4 Å². The summed E-state index contributed by atoms with van der Waals surface area (Å²) in [5, 5.41) is 0. The minimum atomic E-state index is -0.276. The zero-order valence-corrected chi connectivity index (χ0v) is 19.0. The first-order chi connectivity index (χ1) is 15.4. The van der Waals surface area contributed by atoms with Crippen molar-refractivity contribution >= 4 is 17.3 Å². The molecule has 0 radical (unpaired) electrons. The zero-order chi connectivity index (χ0) is 22.8. The van der Waals surface area contributed by atoms with Crippen LogP contribution in [0.15, 0.2) is 60.7 Å². The number of anilines is 1. The van der Waals surface area contributed by atoms with Crippen LogP contribution in [0.3, 0.4) is 0 Å². The fourth-order valence-electron chi connectivity index (χ4n) is 4.92. The molecule has 1 atom stereocenters.